The van der Waals surface area contributed by atoms with Crippen LogP contribution in [0.15, 0.2) is 54.9 Å². The van der Waals surface area contributed by atoms with Gasteiger partial charge in [0.15, 0.2) is 18.9 Å². The summed E-state index contributed by atoms with van der Waals surface area (Å²) in [7, 11) is 0. The maximum Gasteiger partial charge on any atom is 0.335 e. The zero-order chi connectivity index (χ0) is 11.4. The third kappa shape index (κ3) is 2.45. The number of carboxylic acid groups (broad SMARTS) is 1. The van der Waals surface area contributed by atoms with Crippen molar-refractivity contribution in [3.63, 3.8) is 0 Å². The minimum Gasteiger partial charge on any atom is -0.478 e. The summed E-state index contributed by atoms with van der Waals surface area (Å²) in [6, 6.07) is 12.8. The van der Waals surface area contributed by atoms with Gasteiger partial charge in [-0.15, -0.1) is 0 Å². The van der Waals surface area contributed by atoms with Gasteiger partial charge in [0, 0.05) is 17.7 Å². The molecule has 0 spiro atoms. The van der Waals surface area contributed by atoms with E-state index in [4.69, 9.17) is 5.11 Å². The summed E-state index contributed by atoms with van der Waals surface area (Å²) in [6.45, 7) is 0.682. The fourth-order valence-electron chi connectivity index (χ4n) is 1.55. The Labute approximate surface area is 93.6 Å². The van der Waals surface area contributed by atoms with Crippen molar-refractivity contribution in [2.45, 2.75) is 6.54 Å². The van der Waals surface area contributed by atoms with Gasteiger partial charge < -0.3 is 5.11 Å². The first-order valence-electron chi connectivity index (χ1n) is 5.02. The van der Waals surface area contributed by atoms with Crippen molar-refractivity contribution in [3.05, 3.63) is 66.0 Å². The number of carbonyl (C=O) groups is 1. The first-order valence-corrected chi connectivity index (χ1v) is 5.02. The van der Waals surface area contributed by atoms with E-state index in [9.17, 15) is 4.79 Å². The van der Waals surface area contributed by atoms with Crippen LogP contribution in [0.5, 0.6) is 0 Å². The van der Waals surface area contributed by atoms with Crippen LogP contribution in [0.3, 0.4) is 0 Å². The molecule has 0 unspecified atom stereocenters. The second-order valence-electron chi connectivity index (χ2n) is 3.55. The Morgan fingerprint density at radius 3 is 2.56 bits per heavy atom. The van der Waals surface area contributed by atoms with Gasteiger partial charge in [-0.3, -0.25) is 0 Å². The lowest BCUT2D eigenvalue weighted by Crippen LogP contribution is -2.32. The first kappa shape index (κ1) is 10.4. The van der Waals surface area contributed by atoms with E-state index in [2.05, 4.69) is 0 Å². The van der Waals surface area contributed by atoms with Crippen LogP contribution < -0.4 is 4.57 Å². The quantitative estimate of drug-likeness (QED) is 0.790. The second kappa shape index (κ2) is 4.57. The molecule has 1 N–H and O–H groups in total. The fraction of sp³-hybridized carbons (Fsp3) is 0.0769. The number of nitrogens with zero attached hydrogens (tertiary/aromatic N) is 1. The summed E-state index contributed by atoms with van der Waals surface area (Å²) in [5, 5.41) is 8.87. The van der Waals surface area contributed by atoms with Crippen molar-refractivity contribution >= 4 is 5.97 Å². The maximum absolute atomic E-state index is 10.8. The Kier molecular flexibility index (Phi) is 2.96. The van der Waals surface area contributed by atoms with E-state index in [0.29, 0.717) is 12.1 Å². The molecule has 3 heteroatoms. The van der Waals surface area contributed by atoms with Crippen LogP contribution in [0.25, 0.3) is 0 Å². The molecule has 0 saturated heterocycles. The second-order valence-corrected chi connectivity index (χ2v) is 3.55. The lowest BCUT2D eigenvalue weighted by atomic mass is 10.1. The molecule has 0 radical (unpaired) electrons. The third-order valence-electron chi connectivity index (χ3n) is 2.32. The Hall–Kier alpha value is -2.16. The van der Waals surface area contributed by atoms with Gasteiger partial charge in [-0.2, -0.15) is 0 Å². The van der Waals surface area contributed by atoms with Gasteiger partial charge in [0.2, 0.25) is 0 Å². The molecule has 80 valence electrons. The molecule has 0 atom stereocenters. The molecule has 1 heterocycles. The summed E-state index contributed by atoms with van der Waals surface area (Å²) in [4.78, 5) is 10.8. The normalized spacial score (nSPS) is 10.0. The SMILES string of the molecule is O=C(O)c1cccc(C[n+]2ccccc2)c1. The molecular formula is C13H12NO2+. The summed E-state index contributed by atoms with van der Waals surface area (Å²) >= 11 is 0. The van der Waals surface area contributed by atoms with E-state index in [1.54, 1.807) is 18.2 Å². The molecule has 0 bridgehead atoms. The zero-order valence-electron chi connectivity index (χ0n) is 8.71. The van der Waals surface area contributed by atoms with Gasteiger partial charge in [-0.1, -0.05) is 18.2 Å². The maximum atomic E-state index is 10.8. The molecule has 0 aliphatic heterocycles. The summed E-state index contributed by atoms with van der Waals surface area (Å²) in [5.41, 5.74) is 1.31. The molecule has 0 aliphatic rings. The Morgan fingerprint density at radius 2 is 1.88 bits per heavy atom. The molecule has 0 fully saturated rings. The van der Waals surface area contributed by atoms with Crippen molar-refractivity contribution < 1.29 is 14.5 Å². The van der Waals surface area contributed by atoms with Gasteiger partial charge in [0.1, 0.15) is 0 Å². The largest absolute Gasteiger partial charge is 0.478 e. The molecular weight excluding hydrogens is 202 g/mol. The van der Waals surface area contributed by atoms with Crippen molar-refractivity contribution in [2.24, 2.45) is 0 Å². The average Bonchev–Trinajstić information content (AvgIpc) is 2.30. The fourth-order valence-corrected chi connectivity index (χ4v) is 1.55. The monoisotopic (exact) mass is 214 g/mol. The predicted octanol–water partition coefficient (Wildman–Crippen LogP) is 1.72. The number of rotatable bonds is 3. The Bertz CT molecular complexity index is 494. The van der Waals surface area contributed by atoms with Crippen LogP contribution in [0, 0.1) is 0 Å². The minimum absolute atomic E-state index is 0.328. The van der Waals surface area contributed by atoms with Crippen molar-refractivity contribution in [3.8, 4) is 0 Å². The molecule has 1 aromatic carbocycles. The van der Waals surface area contributed by atoms with Crippen LogP contribution in [0.4, 0.5) is 0 Å². The van der Waals surface area contributed by atoms with E-state index < -0.39 is 5.97 Å². The summed E-state index contributed by atoms with van der Waals surface area (Å²) < 4.78 is 2.00. The highest BCUT2D eigenvalue weighted by atomic mass is 16.4. The standard InChI is InChI=1S/C13H11NO2/c15-13(16)12-6-4-5-11(9-12)10-14-7-2-1-3-8-14/h1-9H,10H2/p+1. The van der Waals surface area contributed by atoms with Gasteiger partial charge >= 0.3 is 5.97 Å². The minimum atomic E-state index is -0.889. The number of aromatic carboxylic acids is 1. The predicted molar refractivity (Wildman–Crippen MR) is 59.1 cm³/mol. The third-order valence-corrected chi connectivity index (χ3v) is 2.32. The highest BCUT2D eigenvalue weighted by Gasteiger charge is 2.06. The number of carboxylic acids is 1. The number of pyridine rings is 1. The average molecular weight is 214 g/mol. The number of aromatic nitrogens is 1. The molecule has 16 heavy (non-hydrogen) atoms. The molecule has 0 aliphatic carbocycles. The van der Waals surface area contributed by atoms with E-state index >= 15 is 0 Å². The molecule has 0 saturated carbocycles. The highest BCUT2D eigenvalue weighted by molar-refractivity contribution is 5.87. The lowest BCUT2D eigenvalue weighted by Gasteiger charge is -1.99. The van der Waals surface area contributed by atoms with Gasteiger partial charge in [-0.05, 0) is 12.1 Å². The van der Waals surface area contributed by atoms with Gasteiger partial charge in [-0.25, -0.2) is 9.36 Å². The van der Waals surface area contributed by atoms with Crippen molar-refractivity contribution in [2.75, 3.05) is 0 Å². The van der Waals surface area contributed by atoms with Crippen molar-refractivity contribution in [1.82, 2.24) is 0 Å². The van der Waals surface area contributed by atoms with E-state index in [1.807, 2.05) is 41.2 Å². The summed E-state index contributed by atoms with van der Waals surface area (Å²) in [5.74, 6) is -0.889. The molecule has 1 aromatic heterocycles. The topological polar surface area (TPSA) is 41.2 Å². The van der Waals surface area contributed by atoms with Crippen LogP contribution in [-0.2, 0) is 6.54 Å². The highest BCUT2D eigenvalue weighted by Crippen LogP contribution is 2.04. The molecule has 0 amide bonds. The van der Waals surface area contributed by atoms with Crippen molar-refractivity contribution in [1.29, 1.82) is 0 Å². The molecule has 2 aromatic rings. The van der Waals surface area contributed by atoms with Crippen LogP contribution in [0.2, 0.25) is 0 Å². The lowest BCUT2D eigenvalue weighted by molar-refractivity contribution is -0.688. The molecule has 2 rings (SSSR count). The van der Waals surface area contributed by atoms with Crippen LogP contribution in [0.1, 0.15) is 15.9 Å². The van der Waals surface area contributed by atoms with Crippen LogP contribution in [-0.4, -0.2) is 11.1 Å². The number of hydrogen-bond acceptors (Lipinski definition) is 1. The zero-order valence-corrected chi connectivity index (χ0v) is 8.71. The first-order chi connectivity index (χ1) is 7.75. The van der Waals surface area contributed by atoms with Gasteiger partial charge in [0.05, 0.1) is 5.56 Å². The Balaban J connectivity index is 2.22. The Morgan fingerprint density at radius 1 is 1.12 bits per heavy atom. The van der Waals surface area contributed by atoms with E-state index in [1.165, 1.54) is 0 Å². The summed E-state index contributed by atoms with van der Waals surface area (Å²) in [6.07, 6.45) is 3.90. The molecule has 3 nitrogen and oxygen atoms in total. The van der Waals surface area contributed by atoms with E-state index in [-0.39, 0.29) is 0 Å². The van der Waals surface area contributed by atoms with Gasteiger partial charge in [0.25, 0.3) is 0 Å². The number of benzene rings is 1. The van der Waals surface area contributed by atoms with E-state index in [0.717, 1.165) is 5.56 Å². The number of hydrogen-bond donors (Lipinski definition) is 1. The van der Waals surface area contributed by atoms with Crippen LogP contribution >= 0.6 is 0 Å². The smallest absolute Gasteiger partial charge is 0.335 e.